The Kier molecular flexibility index (Phi) is 3.02. The van der Waals surface area contributed by atoms with E-state index in [0.29, 0.717) is 5.25 Å². The van der Waals surface area contributed by atoms with Gasteiger partial charge in [0.25, 0.3) is 0 Å². The molecule has 2 aromatic heterocycles. The normalized spacial score (nSPS) is 13.8. The zero-order valence-corrected chi connectivity index (χ0v) is 12.9. The van der Waals surface area contributed by atoms with Crippen LogP contribution in [0.15, 0.2) is 10.4 Å². The lowest BCUT2D eigenvalue weighted by molar-refractivity contribution is 0.770. The summed E-state index contributed by atoms with van der Waals surface area (Å²) in [6.07, 6.45) is 4.35. The molecule has 1 aliphatic rings. The molecule has 0 bridgehead atoms. The first-order valence-electron chi connectivity index (χ1n) is 6.38. The average Bonchev–Trinajstić information content (AvgIpc) is 2.81. The lowest BCUT2D eigenvalue weighted by Gasteiger charge is -2.16. The highest BCUT2D eigenvalue weighted by atomic mass is 32.2. The topological polar surface area (TPSA) is 17.8 Å². The van der Waals surface area contributed by atoms with Crippen molar-refractivity contribution in [1.29, 1.82) is 0 Å². The molecule has 2 aromatic rings. The first-order valence-corrected chi connectivity index (χ1v) is 8.07. The van der Waals surface area contributed by atoms with Crippen molar-refractivity contribution in [1.82, 2.24) is 9.78 Å². The van der Waals surface area contributed by atoms with E-state index in [9.17, 15) is 0 Å². The van der Waals surface area contributed by atoms with Crippen LogP contribution in [0.3, 0.4) is 0 Å². The molecule has 4 heteroatoms. The molecule has 2 nitrogen and oxygen atoms in total. The molecule has 0 fully saturated rings. The number of aromatic nitrogens is 2. The van der Waals surface area contributed by atoms with Crippen LogP contribution in [-0.4, -0.2) is 15.0 Å². The molecule has 0 aromatic carbocycles. The van der Waals surface area contributed by atoms with E-state index in [0.717, 1.165) is 6.42 Å². The lowest BCUT2D eigenvalue weighted by Crippen LogP contribution is -2.05. The molecule has 0 spiro atoms. The van der Waals surface area contributed by atoms with E-state index in [4.69, 9.17) is 0 Å². The number of nitrogens with zero attached hydrogens (tertiary/aromatic N) is 2. The highest BCUT2D eigenvalue weighted by molar-refractivity contribution is 8.01. The van der Waals surface area contributed by atoms with E-state index >= 15 is 0 Å². The maximum Gasteiger partial charge on any atom is 0.0733 e. The number of aryl methyl sites for hydroxylation is 3. The van der Waals surface area contributed by atoms with Crippen LogP contribution in [-0.2, 0) is 19.9 Å². The highest BCUT2D eigenvalue weighted by Crippen LogP contribution is 2.47. The van der Waals surface area contributed by atoms with Gasteiger partial charge in [0.15, 0.2) is 0 Å². The molecule has 0 amide bonds. The second kappa shape index (κ2) is 4.42. The standard InChI is InChI=1S/C14H18N2S2/c1-8(2)17-14-12-11(9(3)18-14)6-5-10-7-15-16(4)13(10)12/h7-8H,5-6H2,1-4H3. The van der Waals surface area contributed by atoms with E-state index in [1.807, 2.05) is 34.0 Å². The van der Waals surface area contributed by atoms with Crippen molar-refractivity contribution in [2.24, 2.45) is 7.05 Å². The van der Waals surface area contributed by atoms with Crippen LogP contribution in [0.4, 0.5) is 0 Å². The van der Waals surface area contributed by atoms with Gasteiger partial charge in [0.05, 0.1) is 16.1 Å². The molecule has 3 rings (SSSR count). The Morgan fingerprint density at radius 2 is 2.17 bits per heavy atom. The molecule has 96 valence electrons. The van der Waals surface area contributed by atoms with E-state index in [2.05, 4.69) is 32.9 Å². The molecule has 0 aliphatic heterocycles. The highest BCUT2D eigenvalue weighted by Gasteiger charge is 2.26. The average molecular weight is 278 g/mol. The minimum Gasteiger partial charge on any atom is -0.268 e. The number of hydrogen-bond donors (Lipinski definition) is 0. The molecule has 0 saturated carbocycles. The summed E-state index contributed by atoms with van der Waals surface area (Å²) >= 11 is 3.94. The van der Waals surface area contributed by atoms with E-state index in [1.54, 1.807) is 5.56 Å². The van der Waals surface area contributed by atoms with Gasteiger partial charge in [-0.1, -0.05) is 13.8 Å². The molecule has 0 saturated heterocycles. The van der Waals surface area contributed by atoms with E-state index in [-0.39, 0.29) is 0 Å². The van der Waals surface area contributed by atoms with Gasteiger partial charge in [0.2, 0.25) is 0 Å². The van der Waals surface area contributed by atoms with Crippen LogP contribution in [0.2, 0.25) is 0 Å². The van der Waals surface area contributed by atoms with Gasteiger partial charge in [-0.25, -0.2) is 0 Å². The number of hydrogen-bond acceptors (Lipinski definition) is 3. The van der Waals surface area contributed by atoms with Crippen LogP contribution in [0.1, 0.15) is 29.9 Å². The Labute approximate surface area is 116 Å². The third kappa shape index (κ3) is 1.82. The van der Waals surface area contributed by atoms with Crippen molar-refractivity contribution >= 4 is 23.1 Å². The van der Waals surface area contributed by atoms with Gasteiger partial charge >= 0.3 is 0 Å². The fourth-order valence-electron chi connectivity index (χ4n) is 2.64. The summed E-state index contributed by atoms with van der Waals surface area (Å²) in [5.74, 6) is 0. The third-order valence-electron chi connectivity index (χ3n) is 3.42. The van der Waals surface area contributed by atoms with Gasteiger partial charge in [0, 0.05) is 22.7 Å². The molecule has 0 N–H and O–H groups in total. The summed E-state index contributed by atoms with van der Waals surface area (Å²) in [5, 5.41) is 5.07. The summed E-state index contributed by atoms with van der Waals surface area (Å²) < 4.78 is 3.52. The fourth-order valence-corrected chi connectivity index (χ4v) is 5.47. The molecule has 2 heterocycles. The fraction of sp³-hybridized carbons (Fsp3) is 0.500. The van der Waals surface area contributed by atoms with Gasteiger partial charge in [-0.15, -0.1) is 23.1 Å². The SMILES string of the molecule is Cc1sc(SC(C)C)c2c1CCc1cnn(C)c1-2. The molecule has 18 heavy (non-hydrogen) atoms. The Hall–Kier alpha value is -0.740. The van der Waals surface area contributed by atoms with Gasteiger partial charge < -0.3 is 0 Å². The predicted molar refractivity (Wildman–Crippen MR) is 79.7 cm³/mol. The van der Waals surface area contributed by atoms with Crippen LogP contribution in [0, 0.1) is 6.92 Å². The third-order valence-corrected chi connectivity index (χ3v) is 5.79. The second-order valence-corrected chi connectivity index (χ2v) is 8.18. The molecule has 0 atom stereocenters. The van der Waals surface area contributed by atoms with Crippen molar-refractivity contribution in [3.05, 3.63) is 22.2 Å². The summed E-state index contributed by atoms with van der Waals surface area (Å²) in [7, 11) is 2.06. The zero-order chi connectivity index (χ0) is 12.9. The monoisotopic (exact) mass is 278 g/mol. The van der Waals surface area contributed by atoms with Crippen LogP contribution in [0.25, 0.3) is 11.3 Å². The minimum atomic E-state index is 0.630. The molecule has 0 unspecified atom stereocenters. The van der Waals surface area contributed by atoms with Crippen LogP contribution in [0.5, 0.6) is 0 Å². The zero-order valence-electron chi connectivity index (χ0n) is 11.3. The van der Waals surface area contributed by atoms with Crippen LogP contribution >= 0.6 is 23.1 Å². The number of fused-ring (bicyclic) bond motifs is 3. The van der Waals surface area contributed by atoms with Crippen molar-refractivity contribution in [3.8, 4) is 11.3 Å². The number of rotatable bonds is 2. The minimum absolute atomic E-state index is 0.630. The summed E-state index contributed by atoms with van der Waals surface area (Å²) in [4.78, 5) is 1.49. The van der Waals surface area contributed by atoms with Crippen LogP contribution < -0.4 is 0 Å². The molecule has 1 aliphatic carbocycles. The van der Waals surface area contributed by atoms with Crippen molar-refractivity contribution in [2.75, 3.05) is 0 Å². The Morgan fingerprint density at radius 3 is 2.89 bits per heavy atom. The first-order chi connectivity index (χ1) is 8.58. The van der Waals surface area contributed by atoms with Gasteiger partial charge in [0.1, 0.15) is 0 Å². The van der Waals surface area contributed by atoms with E-state index < -0.39 is 0 Å². The smallest absolute Gasteiger partial charge is 0.0733 e. The Balaban J connectivity index is 2.20. The quantitative estimate of drug-likeness (QED) is 0.771. The predicted octanol–water partition coefficient (Wildman–Crippen LogP) is 4.06. The van der Waals surface area contributed by atoms with E-state index in [1.165, 1.54) is 32.3 Å². The maximum atomic E-state index is 4.44. The van der Waals surface area contributed by atoms with Gasteiger partial charge in [-0.05, 0) is 30.9 Å². The number of thioether (sulfide) groups is 1. The maximum absolute atomic E-state index is 4.44. The Morgan fingerprint density at radius 1 is 1.39 bits per heavy atom. The summed E-state index contributed by atoms with van der Waals surface area (Å²) in [6.45, 7) is 6.79. The lowest BCUT2D eigenvalue weighted by atomic mass is 9.92. The van der Waals surface area contributed by atoms with Gasteiger partial charge in [-0.3, -0.25) is 4.68 Å². The largest absolute Gasteiger partial charge is 0.268 e. The van der Waals surface area contributed by atoms with Gasteiger partial charge in [-0.2, -0.15) is 5.10 Å². The summed E-state index contributed by atoms with van der Waals surface area (Å²) in [6, 6.07) is 0. The van der Waals surface area contributed by atoms with Crippen molar-refractivity contribution < 1.29 is 0 Å². The first kappa shape index (κ1) is 12.3. The molecular formula is C14H18N2S2. The summed E-state index contributed by atoms with van der Waals surface area (Å²) in [5.41, 5.74) is 5.79. The molecular weight excluding hydrogens is 260 g/mol. The number of thiophene rings is 1. The van der Waals surface area contributed by atoms with Crippen molar-refractivity contribution in [3.63, 3.8) is 0 Å². The second-order valence-electron chi connectivity index (χ2n) is 5.11. The Bertz CT molecular complexity index is 593. The van der Waals surface area contributed by atoms with Crippen molar-refractivity contribution in [2.45, 2.75) is 43.1 Å². The molecule has 0 radical (unpaired) electrons.